The van der Waals surface area contributed by atoms with Crippen molar-refractivity contribution in [3.63, 3.8) is 0 Å². The molecule has 1 amide bonds. The molecular formula is C15H23NO2. The standard InChI is InChI=1S/C15H23NO2/c1-5-11-6-8-12(9-7-11)13(17)10-16-14(18)15(2,3)4/h6-9,13,17H,5,10H2,1-4H3,(H,16,18). The van der Waals surface area contributed by atoms with Crippen LogP contribution in [0.4, 0.5) is 0 Å². The molecule has 3 heteroatoms. The van der Waals surface area contributed by atoms with E-state index in [9.17, 15) is 9.90 Å². The summed E-state index contributed by atoms with van der Waals surface area (Å²) in [6, 6.07) is 7.83. The lowest BCUT2D eigenvalue weighted by Gasteiger charge is -2.19. The van der Waals surface area contributed by atoms with E-state index < -0.39 is 11.5 Å². The maximum Gasteiger partial charge on any atom is 0.225 e. The number of aliphatic hydroxyl groups excluding tert-OH is 1. The largest absolute Gasteiger partial charge is 0.387 e. The molecule has 0 aliphatic heterocycles. The van der Waals surface area contributed by atoms with Gasteiger partial charge in [-0.15, -0.1) is 0 Å². The van der Waals surface area contributed by atoms with E-state index in [4.69, 9.17) is 0 Å². The molecule has 0 fully saturated rings. The van der Waals surface area contributed by atoms with Crippen LogP contribution in [0.1, 0.15) is 44.9 Å². The fourth-order valence-corrected chi connectivity index (χ4v) is 1.55. The Labute approximate surface area is 109 Å². The molecule has 1 unspecified atom stereocenters. The maximum absolute atomic E-state index is 11.7. The molecule has 0 saturated carbocycles. The Morgan fingerprint density at radius 3 is 2.28 bits per heavy atom. The van der Waals surface area contributed by atoms with Crippen molar-refractivity contribution in [1.29, 1.82) is 0 Å². The first-order chi connectivity index (χ1) is 8.34. The molecule has 1 aromatic carbocycles. The average molecular weight is 249 g/mol. The maximum atomic E-state index is 11.7. The summed E-state index contributed by atoms with van der Waals surface area (Å²) in [6.07, 6.45) is 0.333. The van der Waals surface area contributed by atoms with Crippen molar-refractivity contribution >= 4 is 5.91 Å². The lowest BCUT2D eigenvalue weighted by atomic mass is 9.95. The van der Waals surface area contributed by atoms with Crippen molar-refractivity contribution in [1.82, 2.24) is 5.32 Å². The van der Waals surface area contributed by atoms with E-state index in [0.29, 0.717) is 0 Å². The van der Waals surface area contributed by atoms with Gasteiger partial charge in [-0.3, -0.25) is 4.79 Å². The second-order valence-electron chi connectivity index (χ2n) is 5.57. The van der Waals surface area contributed by atoms with Crippen LogP contribution < -0.4 is 5.32 Å². The van der Waals surface area contributed by atoms with Crippen LogP contribution in [0.15, 0.2) is 24.3 Å². The third-order valence-electron chi connectivity index (χ3n) is 2.91. The molecule has 0 bridgehead atoms. The molecule has 1 aromatic rings. The minimum absolute atomic E-state index is 0.0493. The Kier molecular flexibility index (Phi) is 4.91. The van der Waals surface area contributed by atoms with E-state index in [2.05, 4.69) is 12.2 Å². The summed E-state index contributed by atoms with van der Waals surface area (Å²) < 4.78 is 0. The second-order valence-corrected chi connectivity index (χ2v) is 5.57. The lowest BCUT2D eigenvalue weighted by molar-refractivity contribution is -0.128. The highest BCUT2D eigenvalue weighted by Crippen LogP contribution is 2.16. The quantitative estimate of drug-likeness (QED) is 0.861. The highest BCUT2D eigenvalue weighted by molar-refractivity contribution is 5.81. The molecule has 2 N–H and O–H groups in total. The summed E-state index contributed by atoms with van der Waals surface area (Å²) in [5, 5.41) is 12.7. The van der Waals surface area contributed by atoms with Gasteiger partial charge < -0.3 is 10.4 Å². The summed E-state index contributed by atoms with van der Waals surface area (Å²) in [5.74, 6) is -0.0493. The van der Waals surface area contributed by atoms with E-state index in [-0.39, 0.29) is 12.5 Å². The second kappa shape index (κ2) is 6.01. The number of carbonyl (C=O) groups is 1. The minimum Gasteiger partial charge on any atom is -0.387 e. The first-order valence-electron chi connectivity index (χ1n) is 6.39. The van der Waals surface area contributed by atoms with E-state index in [1.165, 1.54) is 5.56 Å². The van der Waals surface area contributed by atoms with Crippen LogP contribution >= 0.6 is 0 Å². The Hall–Kier alpha value is -1.35. The molecule has 0 aliphatic carbocycles. The van der Waals surface area contributed by atoms with Crippen LogP contribution in [0.3, 0.4) is 0 Å². The minimum atomic E-state index is -0.651. The van der Waals surface area contributed by atoms with Crippen LogP contribution in [0.5, 0.6) is 0 Å². The van der Waals surface area contributed by atoms with Crippen LogP contribution in [-0.2, 0) is 11.2 Å². The van der Waals surface area contributed by atoms with Crippen molar-refractivity contribution < 1.29 is 9.90 Å². The zero-order valence-corrected chi connectivity index (χ0v) is 11.7. The van der Waals surface area contributed by atoms with Gasteiger partial charge in [-0.2, -0.15) is 0 Å². The Balaban J connectivity index is 2.55. The van der Waals surface area contributed by atoms with Crippen LogP contribution in [-0.4, -0.2) is 17.6 Å². The molecule has 1 rings (SSSR count). The van der Waals surface area contributed by atoms with Gasteiger partial charge >= 0.3 is 0 Å². The van der Waals surface area contributed by atoms with Gasteiger partial charge in [-0.05, 0) is 17.5 Å². The van der Waals surface area contributed by atoms with Gasteiger partial charge in [0.25, 0.3) is 0 Å². The van der Waals surface area contributed by atoms with Crippen LogP contribution in [0.25, 0.3) is 0 Å². The van der Waals surface area contributed by atoms with Gasteiger partial charge in [0.1, 0.15) is 0 Å². The van der Waals surface area contributed by atoms with Gasteiger partial charge in [0.05, 0.1) is 6.10 Å². The van der Waals surface area contributed by atoms with E-state index >= 15 is 0 Å². The summed E-state index contributed by atoms with van der Waals surface area (Å²) in [7, 11) is 0. The van der Waals surface area contributed by atoms with Crippen molar-refractivity contribution in [3.05, 3.63) is 35.4 Å². The van der Waals surface area contributed by atoms with Gasteiger partial charge in [0, 0.05) is 12.0 Å². The number of carbonyl (C=O) groups excluding carboxylic acids is 1. The van der Waals surface area contributed by atoms with Crippen LogP contribution in [0.2, 0.25) is 0 Å². The molecule has 3 nitrogen and oxygen atoms in total. The zero-order chi connectivity index (χ0) is 13.8. The molecule has 0 aromatic heterocycles. The Morgan fingerprint density at radius 1 is 1.28 bits per heavy atom. The highest BCUT2D eigenvalue weighted by Gasteiger charge is 2.21. The van der Waals surface area contributed by atoms with E-state index in [0.717, 1.165) is 12.0 Å². The molecular weight excluding hydrogens is 226 g/mol. The fraction of sp³-hybridized carbons (Fsp3) is 0.533. The summed E-state index contributed by atoms with van der Waals surface area (Å²) in [6.45, 7) is 7.90. The topological polar surface area (TPSA) is 49.3 Å². The fourth-order valence-electron chi connectivity index (χ4n) is 1.55. The summed E-state index contributed by atoms with van der Waals surface area (Å²) in [5.41, 5.74) is 1.65. The summed E-state index contributed by atoms with van der Waals surface area (Å²) >= 11 is 0. The normalized spacial score (nSPS) is 13.2. The smallest absolute Gasteiger partial charge is 0.225 e. The molecule has 0 heterocycles. The van der Waals surface area contributed by atoms with Crippen molar-refractivity contribution in [3.8, 4) is 0 Å². The molecule has 0 aliphatic rings. The predicted molar refractivity (Wildman–Crippen MR) is 73.2 cm³/mol. The third-order valence-corrected chi connectivity index (χ3v) is 2.91. The number of aryl methyl sites for hydroxylation is 1. The summed E-state index contributed by atoms with van der Waals surface area (Å²) in [4.78, 5) is 11.7. The van der Waals surface area contributed by atoms with Crippen molar-refractivity contribution in [2.75, 3.05) is 6.54 Å². The molecule has 0 radical (unpaired) electrons. The van der Waals surface area contributed by atoms with Gasteiger partial charge in [0.15, 0.2) is 0 Å². The number of hydrogen-bond donors (Lipinski definition) is 2. The van der Waals surface area contributed by atoms with Gasteiger partial charge in [-0.25, -0.2) is 0 Å². The Morgan fingerprint density at radius 2 is 1.83 bits per heavy atom. The van der Waals surface area contributed by atoms with Crippen molar-refractivity contribution in [2.24, 2.45) is 5.41 Å². The highest BCUT2D eigenvalue weighted by atomic mass is 16.3. The number of hydrogen-bond acceptors (Lipinski definition) is 2. The SMILES string of the molecule is CCc1ccc(C(O)CNC(=O)C(C)(C)C)cc1. The molecule has 0 spiro atoms. The number of nitrogens with one attached hydrogen (secondary N) is 1. The molecule has 18 heavy (non-hydrogen) atoms. The Bertz CT molecular complexity index is 390. The number of rotatable bonds is 4. The first-order valence-corrected chi connectivity index (χ1v) is 6.39. The molecule has 0 saturated heterocycles. The predicted octanol–water partition coefficient (Wildman–Crippen LogP) is 2.44. The monoisotopic (exact) mass is 249 g/mol. The van der Waals surface area contributed by atoms with E-state index in [1.54, 1.807) is 0 Å². The van der Waals surface area contributed by atoms with Gasteiger partial charge in [-0.1, -0.05) is 52.0 Å². The van der Waals surface area contributed by atoms with Crippen molar-refractivity contribution in [2.45, 2.75) is 40.2 Å². The van der Waals surface area contributed by atoms with Crippen LogP contribution in [0, 0.1) is 5.41 Å². The van der Waals surface area contributed by atoms with Gasteiger partial charge in [0.2, 0.25) is 5.91 Å². The molecule has 100 valence electrons. The number of amides is 1. The number of benzene rings is 1. The lowest BCUT2D eigenvalue weighted by Crippen LogP contribution is -2.37. The average Bonchev–Trinajstić information content (AvgIpc) is 2.34. The number of aliphatic hydroxyl groups is 1. The first kappa shape index (κ1) is 14.7. The third kappa shape index (κ3) is 4.15. The molecule has 1 atom stereocenters. The van der Waals surface area contributed by atoms with E-state index in [1.807, 2.05) is 45.0 Å². The zero-order valence-electron chi connectivity index (χ0n) is 11.7.